The van der Waals surface area contributed by atoms with Crippen LogP contribution in [0.3, 0.4) is 0 Å². The zero-order chi connectivity index (χ0) is 28.3. The summed E-state index contributed by atoms with van der Waals surface area (Å²) in [5.41, 5.74) is 0. The Morgan fingerprint density at radius 1 is 0.385 bits per heavy atom. The van der Waals surface area contributed by atoms with Crippen molar-refractivity contribution in [3.63, 3.8) is 0 Å². The van der Waals surface area contributed by atoms with E-state index < -0.39 is 5.97 Å². The van der Waals surface area contributed by atoms with E-state index >= 15 is 0 Å². The Balaban J connectivity index is 3.10. The molecule has 0 heterocycles. The molecular weight excluding hydrogens is 476 g/mol. The van der Waals surface area contributed by atoms with Crippen LogP contribution in [-0.2, 0) is 4.79 Å². The Hall–Kier alpha value is -1.05. The van der Waals surface area contributed by atoms with E-state index in [2.05, 4.69) is 31.2 Å². The van der Waals surface area contributed by atoms with Crippen LogP contribution in [0.1, 0.15) is 206 Å². The number of hydrogen-bond acceptors (Lipinski definition) is 1. The van der Waals surface area contributed by atoms with Crippen molar-refractivity contribution in [1.82, 2.24) is 0 Å². The first-order valence-corrected chi connectivity index (χ1v) is 17.8. The van der Waals surface area contributed by atoms with Gasteiger partial charge in [-0.3, -0.25) is 4.79 Å². The number of unbranched alkanes of at least 4 members (excludes halogenated alkanes) is 27. The molecule has 0 aromatic carbocycles. The van der Waals surface area contributed by atoms with Crippen molar-refractivity contribution in [2.45, 2.75) is 206 Å². The summed E-state index contributed by atoms with van der Waals surface area (Å²) in [6.45, 7) is 2.21. The van der Waals surface area contributed by atoms with Crippen LogP contribution in [0.4, 0.5) is 0 Å². The summed E-state index contributed by atoms with van der Waals surface area (Å²) in [4.78, 5) is 10.5. The lowest BCUT2D eigenvalue weighted by Crippen LogP contribution is -1.93. The molecule has 0 fully saturated rings. The molecule has 0 aromatic rings. The SMILES string of the molecule is CC/C=C/CCCCCCCCC/C=C/CCCCCCCCCCCCCCCCCCCCCC(=O)O. The molecule has 0 amide bonds. The van der Waals surface area contributed by atoms with Gasteiger partial charge in [-0.25, -0.2) is 0 Å². The third kappa shape index (κ3) is 37.0. The summed E-state index contributed by atoms with van der Waals surface area (Å²) in [6.07, 6.45) is 50.5. The predicted molar refractivity (Wildman–Crippen MR) is 175 cm³/mol. The molecule has 0 bridgehead atoms. The summed E-state index contributed by atoms with van der Waals surface area (Å²) >= 11 is 0. The van der Waals surface area contributed by atoms with Crippen LogP contribution in [0.2, 0.25) is 0 Å². The monoisotopic (exact) mass is 547 g/mol. The molecule has 230 valence electrons. The predicted octanol–water partition coefficient (Wildman–Crippen LogP) is 13.3. The lowest BCUT2D eigenvalue weighted by atomic mass is 10.0. The highest BCUT2D eigenvalue weighted by Gasteiger charge is 1.98. The van der Waals surface area contributed by atoms with Crippen LogP contribution < -0.4 is 0 Å². The third-order valence-corrected chi connectivity index (χ3v) is 8.07. The molecule has 0 saturated heterocycles. The fourth-order valence-electron chi connectivity index (χ4n) is 5.47. The van der Waals surface area contributed by atoms with Gasteiger partial charge in [-0.1, -0.05) is 172 Å². The van der Waals surface area contributed by atoms with Gasteiger partial charge in [0.05, 0.1) is 0 Å². The van der Waals surface area contributed by atoms with Gasteiger partial charge in [0, 0.05) is 6.42 Å². The van der Waals surface area contributed by atoms with Gasteiger partial charge < -0.3 is 5.11 Å². The van der Waals surface area contributed by atoms with E-state index in [9.17, 15) is 4.79 Å². The van der Waals surface area contributed by atoms with Crippen molar-refractivity contribution in [1.29, 1.82) is 0 Å². The topological polar surface area (TPSA) is 37.3 Å². The van der Waals surface area contributed by atoms with Gasteiger partial charge in [0.2, 0.25) is 0 Å². The molecule has 0 unspecified atom stereocenters. The molecule has 2 nitrogen and oxygen atoms in total. The van der Waals surface area contributed by atoms with Crippen molar-refractivity contribution in [2.24, 2.45) is 0 Å². The van der Waals surface area contributed by atoms with Gasteiger partial charge in [-0.15, -0.1) is 0 Å². The minimum atomic E-state index is -0.650. The zero-order valence-corrected chi connectivity index (χ0v) is 26.6. The first-order valence-electron chi connectivity index (χ1n) is 17.8. The van der Waals surface area contributed by atoms with Crippen molar-refractivity contribution < 1.29 is 9.90 Å². The van der Waals surface area contributed by atoms with E-state index in [1.54, 1.807) is 0 Å². The average molecular weight is 547 g/mol. The van der Waals surface area contributed by atoms with Crippen molar-refractivity contribution in [3.05, 3.63) is 24.3 Å². The quantitative estimate of drug-likeness (QED) is 0.0656. The first-order chi connectivity index (χ1) is 19.3. The smallest absolute Gasteiger partial charge is 0.303 e. The van der Waals surface area contributed by atoms with Crippen molar-refractivity contribution >= 4 is 5.97 Å². The van der Waals surface area contributed by atoms with Crippen LogP contribution in [0.15, 0.2) is 24.3 Å². The minimum absolute atomic E-state index is 0.344. The molecule has 0 rings (SSSR count). The standard InChI is InChI=1S/C37H70O2/c1-2-3-4-5-6-7-8-9-10-11-12-13-14-15-16-17-18-19-20-21-22-23-24-25-26-27-28-29-30-31-32-33-34-35-36-37(38)39/h3-4,14-15H,2,5-13,16-36H2,1H3,(H,38,39)/b4-3+,15-14+. The molecule has 0 aliphatic heterocycles. The number of aliphatic carboxylic acids is 1. The summed E-state index contributed by atoms with van der Waals surface area (Å²) in [5.74, 6) is -0.650. The van der Waals surface area contributed by atoms with Gasteiger partial charge in [-0.05, 0) is 51.4 Å². The summed E-state index contributed by atoms with van der Waals surface area (Å²) in [6, 6.07) is 0. The maximum atomic E-state index is 10.5. The second kappa shape index (κ2) is 35.0. The Bertz CT molecular complexity index is 522. The molecule has 0 aliphatic rings. The molecular formula is C37H70O2. The van der Waals surface area contributed by atoms with Crippen LogP contribution >= 0.6 is 0 Å². The van der Waals surface area contributed by atoms with Gasteiger partial charge in [0.15, 0.2) is 0 Å². The van der Waals surface area contributed by atoms with Crippen molar-refractivity contribution in [3.8, 4) is 0 Å². The van der Waals surface area contributed by atoms with E-state index in [0.717, 1.165) is 12.8 Å². The molecule has 2 heteroatoms. The van der Waals surface area contributed by atoms with Crippen LogP contribution in [-0.4, -0.2) is 11.1 Å². The fraction of sp³-hybridized carbons (Fsp3) is 0.865. The highest BCUT2D eigenvalue weighted by Crippen LogP contribution is 2.15. The normalized spacial score (nSPS) is 11.8. The number of carboxylic acid groups (broad SMARTS) is 1. The van der Waals surface area contributed by atoms with Crippen molar-refractivity contribution in [2.75, 3.05) is 0 Å². The number of rotatable bonds is 33. The number of carbonyl (C=O) groups is 1. The first kappa shape index (κ1) is 38.0. The molecule has 0 radical (unpaired) electrons. The Morgan fingerprint density at radius 2 is 0.615 bits per heavy atom. The molecule has 0 aliphatic carbocycles. The van der Waals surface area contributed by atoms with E-state index in [1.807, 2.05) is 0 Å². The number of allylic oxidation sites excluding steroid dienone is 4. The highest BCUT2D eigenvalue weighted by molar-refractivity contribution is 5.66. The van der Waals surface area contributed by atoms with E-state index in [1.165, 1.54) is 180 Å². The van der Waals surface area contributed by atoms with Gasteiger partial charge >= 0.3 is 5.97 Å². The molecule has 0 spiro atoms. The summed E-state index contributed by atoms with van der Waals surface area (Å²) < 4.78 is 0. The molecule has 0 aromatic heterocycles. The van der Waals surface area contributed by atoms with Gasteiger partial charge in [0.1, 0.15) is 0 Å². The number of carboxylic acids is 1. The largest absolute Gasteiger partial charge is 0.481 e. The lowest BCUT2D eigenvalue weighted by molar-refractivity contribution is -0.137. The Labute approximate surface area is 245 Å². The summed E-state index contributed by atoms with van der Waals surface area (Å²) in [5, 5.41) is 8.63. The fourth-order valence-corrected chi connectivity index (χ4v) is 5.47. The van der Waals surface area contributed by atoms with E-state index in [0.29, 0.717) is 6.42 Å². The summed E-state index contributed by atoms with van der Waals surface area (Å²) in [7, 11) is 0. The second-order valence-electron chi connectivity index (χ2n) is 12.1. The average Bonchev–Trinajstić information content (AvgIpc) is 2.93. The van der Waals surface area contributed by atoms with Crippen LogP contribution in [0.25, 0.3) is 0 Å². The Morgan fingerprint density at radius 3 is 0.872 bits per heavy atom. The maximum absolute atomic E-state index is 10.5. The molecule has 0 saturated carbocycles. The van der Waals surface area contributed by atoms with E-state index in [4.69, 9.17) is 5.11 Å². The van der Waals surface area contributed by atoms with E-state index in [-0.39, 0.29) is 0 Å². The maximum Gasteiger partial charge on any atom is 0.303 e. The second-order valence-corrected chi connectivity index (χ2v) is 12.1. The minimum Gasteiger partial charge on any atom is -0.481 e. The van der Waals surface area contributed by atoms with Crippen LogP contribution in [0.5, 0.6) is 0 Å². The zero-order valence-electron chi connectivity index (χ0n) is 26.6. The molecule has 0 atom stereocenters. The van der Waals surface area contributed by atoms with Gasteiger partial charge in [-0.2, -0.15) is 0 Å². The third-order valence-electron chi connectivity index (χ3n) is 8.07. The highest BCUT2D eigenvalue weighted by atomic mass is 16.4. The van der Waals surface area contributed by atoms with Gasteiger partial charge in [0.25, 0.3) is 0 Å². The lowest BCUT2D eigenvalue weighted by Gasteiger charge is -2.04. The molecule has 39 heavy (non-hydrogen) atoms. The Kier molecular flexibility index (Phi) is 34.0. The van der Waals surface area contributed by atoms with Crippen LogP contribution in [0, 0.1) is 0 Å². The number of hydrogen-bond donors (Lipinski definition) is 1. The molecule has 1 N–H and O–H groups in total.